The van der Waals surface area contributed by atoms with Gasteiger partial charge in [0.25, 0.3) is 0 Å². The van der Waals surface area contributed by atoms with E-state index >= 15 is 0 Å². The van der Waals surface area contributed by atoms with Gasteiger partial charge in [0, 0.05) is 5.92 Å². The highest BCUT2D eigenvalue weighted by atomic mass is 16.5. The van der Waals surface area contributed by atoms with Crippen molar-refractivity contribution in [3.63, 3.8) is 0 Å². The molecular weight excluding hydrogens is 236 g/mol. The van der Waals surface area contributed by atoms with E-state index in [-0.39, 0.29) is 6.10 Å². The Balaban J connectivity index is 1.96. The molecule has 1 aliphatic heterocycles. The Labute approximate surface area is 115 Å². The summed E-state index contributed by atoms with van der Waals surface area (Å²) in [7, 11) is 0. The second-order valence-corrected chi connectivity index (χ2v) is 6.16. The average molecular weight is 258 g/mol. The van der Waals surface area contributed by atoms with Gasteiger partial charge in [0.15, 0.2) is 0 Å². The van der Waals surface area contributed by atoms with Crippen LogP contribution in [0, 0.1) is 23.7 Å². The van der Waals surface area contributed by atoms with Crippen molar-refractivity contribution in [2.24, 2.45) is 23.7 Å². The van der Waals surface area contributed by atoms with E-state index in [4.69, 9.17) is 4.74 Å². The highest BCUT2D eigenvalue weighted by Crippen LogP contribution is 2.49. The number of hydrogen-bond acceptors (Lipinski definition) is 2. The molecule has 2 heteroatoms. The molecular formula is C17H22O2. The largest absolute Gasteiger partial charge is 0.508 e. The van der Waals surface area contributed by atoms with Crippen molar-refractivity contribution in [1.29, 1.82) is 0 Å². The van der Waals surface area contributed by atoms with E-state index in [0.29, 0.717) is 29.4 Å². The molecule has 0 spiro atoms. The van der Waals surface area contributed by atoms with Gasteiger partial charge in [-0.25, -0.2) is 0 Å². The Hall–Kier alpha value is -1.28. The minimum Gasteiger partial charge on any atom is -0.508 e. The minimum absolute atomic E-state index is 0.135. The number of fused-ring (bicyclic) bond motifs is 2. The van der Waals surface area contributed by atoms with Gasteiger partial charge >= 0.3 is 0 Å². The van der Waals surface area contributed by atoms with Gasteiger partial charge in [-0.05, 0) is 42.4 Å². The third-order valence-corrected chi connectivity index (χ3v) is 4.98. The molecule has 1 N–H and O–H groups in total. The van der Waals surface area contributed by atoms with Gasteiger partial charge in [0.1, 0.15) is 5.75 Å². The zero-order chi connectivity index (χ0) is 13.6. The smallest absolute Gasteiger partial charge is 0.115 e. The molecule has 0 aromatic heterocycles. The standard InChI is InChI=1S/C17H22O2/c1-10-8-11(2)16-12(3)15(10)9-19-17(16)13-4-6-14(18)7-5-13/h4-8,10,12,15-18H,9H2,1-3H3/t10-,12-,15+,16-,17-/m0/s1. The van der Waals surface area contributed by atoms with Gasteiger partial charge in [-0.1, -0.05) is 37.6 Å². The molecule has 0 unspecified atom stereocenters. The molecule has 0 amide bonds. The van der Waals surface area contributed by atoms with E-state index in [1.807, 2.05) is 12.1 Å². The van der Waals surface area contributed by atoms with Gasteiger partial charge in [0.05, 0.1) is 12.7 Å². The lowest BCUT2D eigenvalue weighted by Gasteiger charge is -2.47. The van der Waals surface area contributed by atoms with Crippen LogP contribution in [-0.4, -0.2) is 11.7 Å². The van der Waals surface area contributed by atoms with Crippen molar-refractivity contribution >= 4 is 0 Å². The summed E-state index contributed by atoms with van der Waals surface area (Å²) in [5.74, 6) is 2.70. The summed E-state index contributed by atoms with van der Waals surface area (Å²) < 4.78 is 6.16. The van der Waals surface area contributed by atoms with Crippen LogP contribution in [0.15, 0.2) is 35.9 Å². The number of benzene rings is 1. The number of ether oxygens (including phenoxy) is 1. The molecule has 0 radical (unpaired) electrons. The first-order valence-corrected chi connectivity index (χ1v) is 7.16. The zero-order valence-electron chi connectivity index (χ0n) is 11.8. The molecule has 2 bridgehead atoms. The van der Waals surface area contributed by atoms with Gasteiger partial charge in [-0.2, -0.15) is 0 Å². The molecule has 1 aliphatic carbocycles. The van der Waals surface area contributed by atoms with Crippen LogP contribution in [-0.2, 0) is 4.74 Å². The fraction of sp³-hybridized carbons (Fsp3) is 0.529. The predicted octanol–water partition coefficient (Wildman–Crippen LogP) is 3.93. The quantitative estimate of drug-likeness (QED) is 0.773. The van der Waals surface area contributed by atoms with Crippen molar-refractivity contribution < 1.29 is 9.84 Å². The first kappa shape index (κ1) is 12.7. The minimum atomic E-state index is 0.135. The second-order valence-electron chi connectivity index (χ2n) is 6.16. The van der Waals surface area contributed by atoms with Crippen LogP contribution in [0.5, 0.6) is 5.75 Å². The van der Waals surface area contributed by atoms with Crippen LogP contribution in [0.4, 0.5) is 0 Å². The normalized spacial score (nSPS) is 37.8. The Morgan fingerprint density at radius 3 is 2.53 bits per heavy atom. The number of phenolic OH excluding ortho intramolecular Hbond substituents is 1. The van der Waals surface area contributed by atoms with Crippen molar-refractivity contribution in [2.45, 2.75) is 26.9 Å². The molecule has 2 aliphatic rings. The van der Waals surface area contributed by atoms with Gasteiger partial charge in [-0.15, -0.1) is 0 Å². The number of aromatic hydroxyl groups is 1. The summed E-state index contributed by atoms with van der Waals surface area (Å²) in [4.78, 5) is 0. The number of hydrogen-bond donors (Lipinski definition) is 1. The van der Waals surface area contributed by atoms with Gasteiger partial charge in [0.2, 0.25) is 0 Å². The van der Waals surface area contributed by atoms with Gasteiger partial charge < -0.3 is 9.84 Å². The van der Waals surface area contributed by atoms with E-state index < -0.39 is 0 Å². The van der Waals surface area contributed by atoms with E-state index in [9.17, 15) is 5.11 Å². The molecule has 1 aromatic carbocycles. The van der Waals surface area contributed by atoms with E-state index in [2.05, 4.69) is 26.8 Å². The lowest BCUT2D eigenvalue weighted by molar-refractivity contribution is -0.0934. The highest BCUT2D eigenvalue weighted by molar-refractivity contribution is 5.30. The van der Waals surface area contributed by atoms with Crippen LogP contribution >= 0.6 is 0 Å². The molecule has 5 atom stereocenters. The molecule has 3 rings (SSSR count). The monoisotopic (exact) mass is 258 g/mol. The SMILES string of the molecule is CC1=C[C@H](C)[C@H]2CO[C@@H](c3ccc(O)cc3)[C@@H]1[C@H]2C. The Kier molecular flexibility index (Phi) is 3.14. The lowest BCUT2D eigenvalue weighted by atomic mass is 9.64. The van der Waals surface area contributed by atoms with Crippen molar-refractivity contribution in [1.82, 2.24) is 0 Å². The van der Waals surface area contributed by atoms with Crippen molar-refractivity contribution in [3.8, 4) is 5.75 Å². The maximum atomic E-state index is 9.42. The summed E-state index contributed by atoms with van der Waals surface area (Å²) in [6.07, 6.45) is 2.56. The fourth-order valence-electron chi connectivity index (χ4n) is 3.91. The lowest BCUT2D eigenvalue weighted by Crippen LogP contribution is -2.42. The summed E-state index contributed by atoms with van der Waals surface area (Å²) >= 11 is 0. The summed E-state index contributed by atoms with van der Waals surface area (Å²) in [6, 6.07) is 7.47. The molecule has 19 heavy (non-hydrogen) atoms. The third kappa shape index (κ3) is 2.08. The van der Waals surface area contributed by atoms with Crippen LogP contribution in [0.25, 0.3) is 0 Å². The molecule has 1 aromatic rings. The number of phenols is 1. The van der Waals surface area contributed by atoms with Crippen LogP contribution in [0.3, 0.4) is 0 Å². The Morgan fingerprint density at radius 1 is 1.16 bits per heavy atom. The first-order chi connectivity index (χ1) is 9.08. The van der Waals surface area contributed by atoms with E-state index in [1.54, 1.807) is 12.1 Å². The predicted molar refractivity (Wildman–Crippen MR) is 75.9 cm³/mol. The first-order valence-electron chi connectivity index (χ1n) is 7.16. The second kappa shape index (κ2) is 4.68. The third-order valence-electron chi connectivity index (χ3n) is 4.98. The molecule has 1 fully saturated rings. The summed E-state index contributed by atoms with van der Waals surface area (Å²) in [6.45, 7) is 7.73. The summed E-state index contributed by atoms with van der Waals surface area (Å²) in [5.41, 5.74) is 2.63. The maximum Gasteiger partial charge on any atom is 0.115 e. The molecule has 0 saturated carbocycles. The Bertz CT molecular complexity index is 488. The van der Waals surface area contributed by atoms with E-state index in [0.717, 1.165) is 6.61 Å². The molecule has 2 nitrogen and oxygen atoms in total. The number of allylic oxidation sites excluding steroid dienone is 1. The average Bonchev–Trinajstić information content (AvgIpc) is 2.37. The maximum absolute atomic E-state index is 9.42. The zero-order valence-corrected chi connectivity index (χ0v) is 11.8. The van der Waals surface area contributed by atoms with Crippen molar-refractivity contribution in [2.75, 3.05) is 6.61 Å². The topological polar surface area (TPSA) is 29.5 Å². The summed E-state index contributed by atoms with van der Waals surface area (Å²) in [5, 5.41) is 9.42. The van der Waals surface area contributed by atoms with Gasteiger partial charge in [-0.3, -0.25) is 0 Å². The highest BCUT2D eigenvalue weighted by Gasteiger charge is 2.43. The molecule has 1 saturated heterocycles. The molecule has 1 heterocycles. The number of rotatable bonds is 1. The molecule has 102 valence electrons. The fourth-order valence-corrected chi connectivity index (χ4v) is 3.91. The van der Waals surface area contributed by atoms with Crippen LogP contribution < -0.4 is 0 Å². The van der Waals surface area contributed by atoms with Crippen LogP contribution in [0.1, 0.15) is 32.4 Å². The van der Waals surface area contributed by atoms with Crippen molar-refractivity contribution in [3.05, 3.63) is 41.5 Å². The van der Waals surface area contributed by atoms with E-state index in [1.165, 1.54) is 11.1 Å². The Morgan fingerprint density at radius 2 is 1.84 bits per heavy atom. The van der Waals surface area contributed by atoms with Crippen LogP contribution in [0.2, 0.25) is 0 Å².